The maximum atomic E-state index is 12.8. The van der Waals surface area contributed by atoms with E-state index >= 15 is 0 Å². The van der Waals surface area contributed by atoms with E-state index in [0.717, 1.165) is 6.54 Å². The number of halogens is 2. The van der Waals surface area contributed by atoms with Crippen molar-refractivity contribution in [1.82, 2.24) is 5.32 Å². The van der Waals surface area contributed by atoms with Gasteiger partial charge < -0.3 is 10.1 Å². The molecule has 0 radical (unpaired) electrons. The molecule has 1 saturated carbocycles. The molecule has 0 bridgehead atoms. The quantitative estimate of drug-likeness (QED) is 0.750. The number of thioether (sulfide) groups is 1. The summed E-state index contributed by atoms with van der Waals surface area (Å²) in [5.74, 6) is -4.67. The molecule has 0 amide bonds. The van der Waals surface area contributed by atoms with E-state index in [0.29, 0.717) is 11.3 Å². The Balaban J connectivity index is 1.70. The van der Waals surface area contributed by atoms with E-state index in [2.05, 4.69) is 16.3 Å². The van der Waals surface area contributed by atoms with Crippen molar-refractivity contribution in [3.8, 4) is 0 Å². The van der Waals surface area contributed by atoms with Gasteiger partial charge in [-0.2, -0.15) is 20.5 Å². The second kappa shape index (κ2) is 4.14. The fourth-order valence-corrected chi connectivity index (χ4v) is 2.57. The number of ether oxygens (including phenoxy) is 1. The predicted molar refractivity (Wildman–Crippen MR) is 57.8 cm³/mol. The van der Waals surface area contributed by atoms with Crippen molar-refractivity contribution < 1.29 is 18.3 Å². The summed E-state index contributed by atoms with van der Waals surface area (Å²) in [7, 11) is 0. The number of carbonyl (C=O) groups is 1. The number of nitrogens with one attached hydrogen (secondary N) is 1. The smallest absolute Gasteiger partial charge is 0.377 e. The monoisotopic (exact) mass is 251 g/mol. The highest BCUT2D eigenvalue weighted by Gasteiger charge is 2.50. The average molecular weight is 251 g/mol. The Kier molecular flexibility index (Phi) is 3.13. The SMILES string of the molecule is CSC1(CNCC2CC(F)(F)C(=O)O2)CC1. The fourth-order valence-electron chi connectivity index (χ4n) is 1.82. The first kappa shape index (κ1) is 12.1. The molecular weight excluding hydrogens is 236 g/mol. The van der Waals surface area contributed by atoms with Crippen molar-refractivity contribution in [2.75, 3.05) is 19.3 Å². The van der Waals surface area contributed by atoms with E-state index in [1.165, 1.54) is 12.8 Å². The van der Waals surface area contributed by atoms with Crippen molar-refractivity contribution in [1.29, 1.82) is 0 Å². The molecular formula is C10H15F2NO2S. The van der Waals surface area contributed by atoms with Gasteiger partial charge in [0, 0.05) is 17.8 Å². The van der Waals surface area contributed by atoms with Crippen molar-refractivity contribution >= 4 is 17.7 Å². The number of hydrogen-bond acceptors (Lipinski definition) is 4. The molecule has 0 aromatic heterocycles. The molecule has 1 aliphatic heterocycles. The minimum atomic E-state index is -3.29. The maximum Gasteiger partial charge on any atom is 0.377 e. The molecule has 2 aliphatic rings. The Labute approximate surface area is 97.3 Å². The molecule has 0 spiro atoms. The largest absolute Gasteiger partial charge is 0.456 e. The van der Waals surface area contributed by atoms with Gasteiger partial charge in [-0.15, -0.1) is 0 Å². The summed E-state index contributed by atoms with van der Waals surface area (Å²) in [4.78, 5) is 10.7. The van der Waals surface area contributed by atoms with Crippen molar-refractivity contribution in [3.05, 3.63) is 0 Å². The van der Waals surface area contributed by atoms with Gasteiger partial charge >= 0.3 is 11.9 Å². The molecule has 1 atom stereocenters. The summed E-state index contributed by atoms with van der Waals surface area (Å²) in [5.41, 5.74) is 0. The summed E-state index contributed by atoms with van der Waals surface area (Å²) in [5, 5.41) is 3.11. The maximum absolute atomic E-state index is 12.8. The lowest BCUT2D eigenvalue weighted by Crippen LogP contribution is -2.33. The zero-order valence-electron chi connectivity index (χ0n) is 9.09. The summed E-state index contributed by atoms with van der Waals surface area (Å²) >= 11 is 1.80. The van der Waals surface area contributed by atoms with Crippen LogP contribution in [-0.2, 0) is 9.53 Å². The van der Waals surface area contributed by atoms with Gasteiger partial charge in [0.25, 0.3) is 0 Å². The zero-order valence-corrected chi connectivity index (χ0v) is 9.91. The van der Waals surface area contributed by atoms with Crippen LogP contribution >= 0.6 is 11.8 Å². The van der Waals surface area contributed by atoms with Crippen LogP contribution in [0, 0.1) is 0 Å². The standard InChI is InChI=1S/C10H15F2NO2S/c1-16-9(2-3-9)6-13-5-7-4-10(11,12)8(14)15-7/h7,13H,2-6H2,1H3. The number of carbonyl (C=O) groups excluding carboxylic acids is 1. The van der Waals surface area contributed by atoms with Crippen LogP contribution in [0.25, 0.3) is 0 Å². The molecule has 16 heavy (non-hydrogen) atoms. The van der Waals surface area contributed by atoms with E-state index in [4.69, 9.17) is 0 Å². The van der Waals surface area contributed by atoms with Crippen LogP contribution in [-0.4, -0.2) is 42.1 Å². The van der Waals surface area contributed by atoms with E-state index < -0.39 is 24.4 Å². The van der Waals surface area contributed by atoms with Gasteiger partial charge in [-0.3, -0.25) is 0 Å². The summed E-state index contributed by atoms with van der Waals surface area (Å²) in [6, 6.07) is 0. The van der Waals surface area contributed by atoms with Gasteiger partial charge in [0.05, 0.1) is 6.42 Å². The van der Waals surface area contributed by atoms with Crippen molar-refractivity contribution in [2.24, 2.45) is 0 Å². The molecule has 2 fully saturated rings. The Morgan fingerprint density at radius 1 is 1.56 bits per heavy atom. The van der Waals surface area contributed by atoms with Gasteiger partial charge in [-0.05, 0) is 19.1 Å². The Morgan fingerprint density at radius 2 is 2.25 bits per heavy atom. The van der Waals surface area contributed by atoms with Crippen LogP contribution in [0.2, 0.25) is 0 Å². The average Bonchev–Trinajstić information content (AvgIpc) is 2.92. The molecule has 3 nitrogen and oxygen atoms in total. The van der Waals surface area contributed by atoms with E-state index in [1.54, 1.807) is 11.8 Å². The Bertz CT molecular complexity index is 295. The fraction of sp³-hybridized carbons (Fsp3) is 0.900. The second-order valence-corrected chi connectivity index (χ2v) is 5.73. The summed E-state index contributed by atoms with van der Waals surface area (Å²) < 4.78 is 30.5. The van der Waals surface area contributed by atoms with Crippen LogP contribution < -0.4 is 5.32 Å². The molecule has 1 aliphatic carbocycles. The van der Waals surface area contributed by atoms with E-state index in [-0.39, 0.29) is 0 Å². The lowest BCUT2D eigenvalue weighted by atomic mass is 10.2. The zero-order chi connectivity index (χ0) is 11.8. The molecule has 1 saturated heterocycles. The van der Waals surface area contributed by atoms with Crippen molar-refractivity contribution in [2.45, 2.75) is 36.0 Å². The number of rotatable bonds is 5. The van der Waals surface area contributed by atoms with Crippen molar-refractivity contribution in [3.63, 3.8) is 0 Å². The van der Waals surface area contributed by atoms with Gasteiger partial charge in [-0.25, -0.2) is 4.79 Å². The molecule has 0 aromatic carbocycles. The topological polar surface area (TPSA) is 38.3 Å². The predicted octanol–water partition coefficient (Wildman–Crippen LogP) is 1.42. The summed E-state index contributed by atoms with van der Waals surface area (Å²) in [6.07, 6.45) is 3.22. The van der Waals surface area contributed by atoms with Crippen LogP contribution in [0.15, 0.2) is 0 Å². The molecule has 6 heteroatoms. The van der Waals surface area contributed by atoms with Gasteiger partial charge in [0.2, 0.25) is 0 Å². The molecule has 1 heterocycles. The lowest BCUT2D eigenvalue weighted by Gasteiger charge is -2.15. The van der Waals surface area contributed by atoms with Gasteiger partial charge in [0.1, 0.15) is 6.10 Å². The van der Waals surface area contributed by atoms with Crippen LogP contribution in [0.1, 0.15) is 19.3 Å². The van der Waals surface area contributed by atoms with Gasteiger partial charge in [0.15, 0.2) is 0 Å². The highest BCUT2D eigenvalue weighted by Crippen LogP contribution is 2.46. The molecule has 0 aromatic rings. The highest BCUT2D eigenvalue weighted by atomic mass is 32.2. The number of esters is 1. The first-order valence-corrected chi connectivity index (χ1v) is 6.55. The minimum Gasteiger partial charge on any atom is -0.456 e. The highest BCUT2D eigenvalue weighted by molar-refractivity contribution is 8.00. The molecule has 1 unspecified atom stereocenters. The minimum absolute atomic E-state index is 0.297. The third-order valence-corrected chi connectivity index (χ3v) is 4.53. The van der Waals surface area contributed by atoms with Crippen LogP contribution in [0.5, 0.6) is 0 Å². The molecule has 1 N–H and O–H groups in total. The van der Waals surface area contributed by atoms with Gasteiger partial charge in [-0.1, -0.05) is 0 Å². The normalized spacial score (nSPS) is 30.2. The number of cyclic esters (lactones) is 1. The second-order valence-electron chi connectivity index (χ2n) is 4.45. The Morgan fingerprint density at radius 3 is 2.69 bits per heavy atom. The third-order valence-electron chi connectivity index (χ3n) is 3.12. The van der Waals surface area contributed by atoms with Crippen LogP contribution in [0.4, 0.5) is 8.78 Å². The first-order chi connectivity index (χ1) is 7.47. The Hall–Kier alpha value is -0.360. The van der Waals surface area contributed by atoms with E-state index in [9.17, 15) is 13.6 Å². The molecule has 92 valence electrons. The van der Waals surface area contributed by atoms with Crippen LogP contribution in [0.3, 0.4) is 0 Å². The first-order valence-electron chi connectivity index (χ1n) is 5.32. The number of alkyl halides is 2. The number of hydrogen-bond donors (Lipinski definition) is 1. The van der Waals surface area contributed by atoms with E-state index in [1.807, 2.05) is 0 Å². The summed E-state index contributed by atoms with van der Waals surface area (Å²) in [6.45, 7) is 1.12. The lowest BCUT2D eigenvalue weighted by molar-refractivity contribution is -0.158. The molecule has 2 rings (SSSR count). The third kappa shape index (κ3) is 2.48.